The van der Waals surface area contributed by atoms with E-state index in [1.165, 1.54) is 0 Å². The number of likely N-dealkylation sites (tertiary alicyclic amines) is 2. The lowest BCUT2D eigenvalue weighted by Crippen LogP contribution is -2.51. The Morgan fingerprint density at radius 2 is 1.86 bits per heavy atom. The van der Waals surface area contributed by atoms with Crippen LogP contribution >= 0.6 is 0 Å². The summed E-state index contributed by atoms with van der Waals surface area (Å²) in [5, 5.41) is 7.46. The van der Waals surface area contributed by atoms with Gasteiger partial charge in [0.25, 0.3) is 5.91 Å². The van der Waals surface area contributed by atoms with Crippen molar-refractivity contribution >= 4 is 11.9 Å². The third-order valence-electron chi connectivity index (χ3n) is 6.00. The SMILES string of the molecule is Cc1ccc(C(=O)N2CCC(NC(=O)N3CCC[C@@H]3Cn3cccn3)CC2)cc1. The molecule has 1 aromatic heterocycles. The van der Waals surface area contributed by atoms with Gasteiger partial charge in [0.1, 0.15) is 0 Å². The van der Waals surface area contributed by atoms with E-state index in [1.54, 1.807) is 6.20 Å². The van der Waals surface area contributed by atoms with Crippen LogP contribution in [0.3, 0.4) is 0 Å². The van der Waals surface area contributed by atoms with Gasteiger partial charge >= 0.3 is 6.03 Å². The molecule has 7 heteroatoms. The normalized spacial score (nSPS) is 20.1. The Morgan fingerprint density at radius 1 is 1.10 bits per heavy atom. The van der Waals surface area contributed by atoms with Gasteiger partial charge in [-0.2, -0.15) is 5.10 Å². The van der Waals surface area contributed by atoms with Crippen molar-refractivity contribution in [3.63, 3.8) is 0 Å². The third-order valence-corrected chi connectivity index (χ3v) is 6.00. The van der Waals surface area contributed by atoms with Crippen molar-refractivity contribution < 1.29 is 9.59 Å². The summed E-state index contributed by atoms with van der Waals surface area (Å²) in [6.45, 7) is 4.90. The second-order valence-corrected chi connectivity index (χ2v) is 8.10. The lowest BCUT2D eigenvalue weighted by atomic mass is 10.0. The monoisotopic (exact) mass is 395 g/mol. The molecule has 154 valence electrons. The number of carbonyl (C=O) groups excluding carboxylic acids is 2. The quantitative estimate of drug-likeness (QED) is 0.865. The maximum absolute atomic E-state index is 12.8. The highest BCUT2D eigenvalue weighted by atomic mass is 16.2. The van der Waals surface area contributed by atoms with Crippen molar-refractivity contribution in [1.82, 2.24) is 24.9 Å². The Kier molecular flexibility index (Phi) is 5.83. The molecule has 2 saturated heterocycles. The van der Waals surface area contributed by atoms with E-state index in [0.29, 0.717) is 13.1 Å². The average molecular weight is 396 g/mol. The Labute approximate surface area is 171 Å². The summed E-state index contributed by atoms with van der Waals surface area (Å²) in [5.41, 5.74) is 1.88. The second-order valence-electron chi connectivity index (χ2n) is 8.10. The number of aryl methyl sites for hydroxylation is 1. The molecule has 0 saturated carbocycles. The third kappa shape index (κ3) is 4.60. The van der Waals surface area contributed by atoms with E-state index in [9.17, 15) is 9.59 Å². The molecule has 7 nitrogen and oxygen atoms in total. The lowest BCUT2D eigenvalue weighted by Gasteiger charge is -2.34. The van der Waals surface area contributed by atoms with Crippen LogP contribution in [-0.2, 0) is 6.54 Å². The van der Waals surface area contributed by atoms with Crippen LogP contribution in [-0.4, -0.2) is 63.2 Å². The van der Waals surface area contributed by atoms with Crippen LogP contribution in [0.2, 0.25) is 0 Å². The van der Waals surface area contributed by atoms with Crippen molar-refractivity contribution in [3.05, 3.63) is 53.9 Å². The van der Waals surface area contributed by atoms with Gasteiger partial charge in [0.05, 0.1) is 12.6 Å². The average Bonchev–Trinajstić information content (AvgIpc) is 3.41. The van der Waals surface area contributed by atoms with Crippen LogP contribution in [0.5, 0.6) is 0 Å². The molecule has 29 heavy (non-hydrogen) atoms. The number of amides is 3. The van der Waals surface area contributed by atoms with E-state index in [2.05, 4.69) is 10.4 Å². The Balaban J connectivity index is 1.27. The topological polar surface area (TPSA) is 70.5 Å². The fourth-order valence-electron chi connectivity index (χ4n) is 4.28. The second kappa shape index (κ2) is 8.68. The Morgan fingerprint density at radius 3 is 2.55 bits per heavy atom. The summed E-state index contributed by atoms with van der Waals surface area (Å²) in [4.78, 5) is 29.3. The molecule has 1 atom stereocenters. The maximum Gasteiger partial charge on any atom is 0.317 e. The summed E-state index contributed by atoms with van der Waals surface area (Å²) < 4.78 is 1.89. The maximum atomic E-state index is 12.8. The molecule has 2 aromatic rings. The zero-order chi connectivity index (χ0) is 20.2. The molecule has 0 spiro atoms. The van der Waals surface area contributed by atoms with Gasteiger partial charge in [0.2, 0.25) is 0 Å². The molecule has 2 aliphatic heterocycles. The first-order chi connectivity index (χ1) is 14.1. The van der Waals surface area contributed by atoms with Crippen LogP contribution < -0.4 is 5.32 Å². The molecule has 3 amide bonds. The molecular formula is C22H29N5O2. The number of hydrogen-bond donors (Lipinski definition) is 1. The molecule has 2 aliphatic rings. The molecule has 2 fully saturated rings. The molecule has 0 bridgehead atoms. The summed E-state index contributed by atoms with van der Waals surface area (Å²) in [6.07, 6.45) is 7.34. The minimum atomic E-state index is 0.0166. The Hall–Kier alpha value is -2.83. The largest absolute Gasteiger partial charge is 0.338 e. The number of benzene rings is 1. The van der Waals surface area contributed by atoms with Crippen molar-refractivity contribution in [2.75, 3.05) is 19.6 Å². The minimum Gasteiger partial charge on any atom is -0.338 e. The van der Waals surface area contributed by atoms with E-state index in [0.717, 1.165) is 49.9 Å². The van der Waals surface area contributed by atoms with E-state index >= 15 is 0 Å². The van der Waals surface area contributed by atoms with Gasteiger partial charge in [-0.25, -0.2) is 4.79 Å². The summed E-state index contributed by atoms with van der Waals surface area (Å²) in [5.74, 6) is 0.0774. The van der Waals surface area contributed by atoms with E-state index in [1.807, 2.05) is 57.9 Å². The predicted molar refractivity (Wildman–Crippen MR) is 111 cm³/mol. The van der Waals surface area contributed by atoms with Gasteiger partial charge in [-0.15, -0.1) is 0 Å². The first-order valence-electron chi connectivity index (χ1n) is 10.5. The zero-order valence-electron chi connectivity index (χ0n) is 17.0. The van der Waals surface area contributed by atoms with Crippen LogP contribution in [0.25, 0.3) is 0 Å². The number of nitrogens with one attached hydrogen (secondary N) is 1. The lowest BCUT2D eigenvalue weighted by molar-refractivity contribution is 0.0706. The van der Waals surface area contributed by atoms with Crippen LogP contribution in [0.15, 0.2) is 42.7 Å². The zero-order valence-corrected chi connectivity index (χ0v) is 17.0. The predicted octanol–water partition coefficient (Wildman–Crippen LogP) is 2.67. The first-order valence-corrected chi connectivity index (χ1v) is 10.5. The van der Waals surface area contributed by atoms with Crippen LogP contribution in [0.4, 0.5) is 4.79 Å². The van der Waals surface area contributed by atoms with Crippen molar-refractivity contribution in [1.29, 1.82) is 0 Å². The number of urea groups is 1. The van der Waals surface area contributed by atoms with Gasteiger partial charge in [-0.1, -0.05) is 17.7 Å². The number of nitrogens with zero attached hydrogens (tertiary/aromatic N) is 4. The highest BCUT2D eigenvalue weighted by Gasteiger charge is 2.31. The van der Waals surface area contributed by atoms with Gasteiger partial charge in [0.15, 0.2) is 0 Å². The molecule has 1 aromatic carbocycles. The fraction of sp³-hybridized carbons (Fsp3) is 0.500. The minimum absolute atomic E-state index is 0.0166. The molecule has 0 radical (unpaired) electrons. The van der Waals surface area contributed by atoms with Gasteiger partial charge in [0, 0.05) is 43.6 Å². The molecular weight excluding hydrogens is 366 g/mol. The van der Waals surface area contributed by atoms with Crippen molar-refractivity contribution in [3.8, 4) is 0 Å². The molecule has 1 N–H and O–H groups in total. The van der Waals surface area contributed by atoms with Crippen molar-refractivity contribution in [2.24, 2.45) is 0 Å². The van der Waals surface area contributed by atoms with Crippen LogP contribution in [0, 0.1) is 6.92 Å². The number of piperidine rings is 1. The first kappa shape index (κ1) is 19.5. The highest BCUT2D eigenvalue weighted by molar-refractivity contribution is 5.94. The summed E-state index contributed by atoms with van der Waals surface area (Å²) in [6, 6.07) is 9.95. The number of aromatic nitrogens is 2. The number of carbonyl (C=O) groups is 2. The summed E-state index contributed by atoms with van der Waals surface area (Å²) >= 11 is 0. The molecule has 0 aliphatic carbocycles. The van der Waals surface area contributed by atoms with Gasteiger partial charge in [-0.05, 0) is 50.8 Å². The van der Waals surface area contributed by atoms with E-state index in [4.69, 9.17) is 0 Å². The standard InChI is InChI=1S/C22H29N5O2/c1-17-5-7-18(8-6-17)21(28)25-14-9-19(10-15-25)24-22(29)27-13-2-4-20(27)16-26-12-3-11-23-26/h3,5-8,11-12,19-20H,2,4,9-10,13-16H2,1H3,(H,24,29)/t20-/m1/s1. The van der Waals surface area contributed by atoms with Crippen LogP contribution in [0.1, 0.15) is 41.6 Å². The number of hydrogen-bond acceptors (Lipinski definition) is 3. The number of rotatable bonds is 4. The highest BCUT2D eigenvalue weighted by Crippen LogP contribution is 2.20. The van der Waals surface area contributed by atoms with E-state index in [-0.39, 0.29) is 24.0 Å². The van der Waals surface area contributed by atoms with Gasteiger partial charge < -0.3 is 15.1 Å². The Bertz CT molecular complexity index is 825. The smallest absolute Gasteiger partial charge is 0.317 e. The molecule has 3 heterocycles. The van der Waals surface area contributed by atoms with E-state index < -0.39 is 0 Å². The molecule has 0 unspecified atom stereocenters. The van der Waals surface area contributed by atoms with Gasteiger partial charge in [-0.3, -0.25) is 9.48 Å². The summed E-state index contributed by atoms with van der Waals surface area (Å²) in [7, 11) is 0. The fourth-order valence-corrected chi connectivity index (χ4v) is 4.28. The van der Waals surface area contributed by atoms with Crippen molar-refractivity contribution in [2.45, 2.75) is 51.2 Å². The molecule has 4 rings (SSSR count).